The number of nitrogens with one attached hydrogen (secondary N) is 1. The van der Waals surface area contributed by atoms with Gasteiger partial charge < -0.3 is 14.8 Å². The zero-order valence-corrected chi connectivity index (χ0v) is 11.5. The highest BCUT2D eigenvalue weighted by atomic mass is 35.5. The Kier molecular flexibility index (Phi) is 5.70. The van der Waals surface area contributed by atoms with Crippen molar-refractivity contribution in [3.63, 3.8) is 0 Å². The lowest BCUT2D eigenvalue weighted by molar-refractivity contribution is -0.148. The molecule has 1 rings (SSSR count). The average Bonchev–Trinajstić information content (AvgIpc) is 2.28. The van der Waals surface area contributed by atoms with Gasteiger partial charge in [0.15, 0.2) is 6.10 Å². The van der Waals surface area contributed by atoms with Crippen molar-refractivity contribution in [1.82, 2.24) is 5.32 Å². The second kappa shape index (κ2) is 6.57. The highest BCUT2D eigenvalue weighted by Gasteiger charge is 2.30. The summed E-state index contributed by atoms with van der Waals surface area (Å²) in [7, 11) is 0. The van der Waals surface area contributed by atoms with E-state index < -0.39 is 6.10 Å². The van der Waals surface area contributed by atoms with Crippen LogP contribution in [0.15, 0.2) is 0 Å². The normalized spacial score (nSPS) is 23.2. The SMILES string of the molecule is CC(C)(C)C(CCCl)NC(=O)C1COCCO1. The lowest BCUT2D eigenvalue weighted by atomic mass is 9.85. The van der Waals surface area contributed by atoms with Crippen molar-refractivity contribution in [3.8, 4) is 0 Å². The molecule has 1 heterocycles. The van der Waals surface area contributed by atoms with Gasteiger partial charge in [0.25, 0.3) is 5.91 Å². The lowest BCUT2D eigenvalue weighted by Gasteiger charge is -2.33. The summed E-state index contributed by atoms with van der Waals surface area (Å²) < 4.78 is 10.6. The predicted octanol–water partition coefficient (Wildman–Crippen LogP) is 1.56. The van der Waals surface area contributed by atoms with E-state index in [1.165, 1.54) is 0 Å². The maximum absolute atomic E-state index is 12.0. The number of halogens is 1. The van der Waals surface area contributed by atoms with Crippen molar-refractivity contribution in [2.24, 2.45) is 5.41 Å². The summed E-state index contributed by atoms with van der Waals surface area (Å²) in [6.45, 7) is 7.64. The van der Waals surface area contributed by atoms with Crippen LogP contribution in [-0.2, 0) is 14.3 Å². The van der Waals surface area contributed by atoms with Gasteiger partial charge in [-0.05, 0) is 11.8 Å². The molecule has 4 nitrogen and oxygen atoms in total. The minimum Gasteiger partial charge on any atom is -0.376 e. The zero-order chi connectivity index (χ0) is 12.9. The number of alkyl halides is 1. The van der Waals surface area contributed by atoms with Crippen molar-refractivity contribution >= 4 is 17.5 Å². The topological polar surface area (TPSA) is 47.6 Å². The third kappa shape index (κ3) is 4.82. The van der Waals surface area contributed by atoms with E-state index in [9.17, 15) is 4.79 Å². The van der Waals surface area contributed by atoms with Gasteiger partial charge in [0.2, 0.25) is 0 Å². The van der Waals surface area contributed by atoms with Crippen molar-refractivity contribution in [1.29, 1.82) is 0 Å². The van der Waals surface area contributed by atoms with E-state index in [0.717, 1.165) is 6.42 Å². The molecule has 0 bridgehead atoms. The van der Waals surface area contributed by atoms with Gasteiger partial charge in [-0.1, -0.05) is 20.8 Å². The quantitative estimate of drug-likeness (QED) is 0.783. The van der Waals surface area contributed by atoms with Crippen LogP contribution >= 0.6 is 11.6 Å². The molecule has 0 aromatic heterocycles. The minimum atomic E-state index is -0.482. The van der Waals surface area contributed by atoms with Crippen LogP contribution in [0, 0.1) is 5.41 Å². The van der Waals surface area contributed by atoms with Gasteiger partial charge in [-0.25, -0.2) is 0 Å². The number of amides is 1. The van der Waals surface area contributed by atoms with E-state index in [4.69, 9.17) is 21.1 Å². The average molecular weight is 264 g/mol. The second-order valence-electron chi connectivity index (χ2n) is 5.34. The summed E-state index contributed by atoms with van der Waals surface area (Å²) in [5.41, 5.74) is -0.0138. The first-order chi connectivity index (χ1) is 7.95. The Bertz CT molecular complexity index is 247. The van der Waals surface area contributed by atoms with Gasteiger partial charge in [-0.2, -0.15) is 0 Å². The van der Waals surface area contributed by atoms with Gasteiger partial charge >= 0.3 is 0 Å². The Morgan fingerprint density at radius 3 is 2.65 bits per heavy atom. The first-order valence-electron chi connectivity index (χ1n) is 6.01. The molecule has 1 fully saturated rings. The van der Waals surface area contributed by atoms with Crippen LogP contribution < -0.4 is 5.32 Å². The van der Waals surface area contributed by atoms with E-state index in [1.54, 1.807) is 0 Å². The molecule has 0 radical (unpaired) electrons. The molecular weight excluding hydrogens is 242 g/mol. The molecule has 0 saturated carbocycles. The second-order valence-corrected chi connectivity index (χ2v) is 5.72. The first-order valence-corrected chi connectivity index (χ1v) is 6.54. The Morgan fingerprint density at radius 2 is 2.18 bits per heavy atom. The monoisotopic (exact) mass is 263 g/mol. The Hall–Kier alpha value is -0.320. The lowest BCUT2D eigenvalue weighted by Crippen LogP contribution is -2.50. The largest absolute Gasteiger partial charge is 0.376 e. The molecule has 0 aromatic rings. The predicted molar refractivity (Wildman–Crippen MR) is 67.3 cm³/mol. The highest BCUT2D eigenvalue weighted by Crippen LogP contribution is 2.22. The smallest absolute Gasteiger partial charge is 0.251 e. The van der Waals surface area contributed by atoms with E-state index in [2.05, 4.69) is 26.1 Å². The fraction of sp³-hybridized carbons (Fsp3) is 0.917. The number of ether oxygens (including phenoxy) is 2. The third-order valence-electron chi connectivity index (χ3n) is 2.87. The molecule has 1 amide bonds. The molecule has 5 heteroatoms. The van der Waals surface area contributed by atoms with Crippen molar-refractivity contribution < 1.29 is 14.3 Å². The highest BCUT2D eigenvalue weighted by molar-refractivity contribution is 6.17. The summed E-state index contributed by atoms with van der Waals surface area (Å²) in [5.74, 6) is 0.430. The van der Waals surface area contributed by atoms with Crippen LogP contribution in [0.1, 0.15) is 27.2 Å². The van der Waals surface area contributed by atoms with E-state index >= 15 is 0 Å². The summed E-state index contributed by atoms with van der Waals surface area (Å²) in [6, 6.07) is 0.0537. The van der Waals surface area contributed by atoms with E-state index in [-0.39, 0.29) is 17.4 Å². The zero-order valence-electron chi connectivity index (χ0n) is 10.8. The molecule has 1 aliphatic heterocycles. The minimum absolute atomic E-state index is 0.0138. The van der Waals surface area contributed by atoms with Crippen LogP contribution in [0.2, 0.25) is 0 Å². The summed E-state index contributed by atoms with van der Waals surface area (Å²) in [6.07, 6.45) is 0.272. The van der Waals surface area contributed by atoms with Crippen LogP contribution in [-0.4, -0.2) is 43.8 Å². The fourth-order valence-corrected chi connectivity index (χ4v) is 1.95. The van der Waals surface area contributed by atoms with Gasteiger partial charge in [0, 0.05) is 11.9 Å². The van der Waals surface area contributed by atoms with Gasteiger partial charge in [-0.15, -0.1) is 11.6 Å². The van der Waals surface area contributed by atoms with Crippen LogP contribution in [0.25, 0.3) is 0 Å². The van der Waals surface area contributed by atoms with Crippen molar-refractivity contribution in [2.75, 3.05) is 25.7 Å². The van der Waals surface area contributed by atoms with Crippen LogP contribution in [0.3, 0.4) is 0 Å². The molecule has 0 spiro atoms. The molecule has 100 valence electrons. The molecule has 0 aromatic carbocycles. The standard InChI is InChI=1S/C12H22ClNO3/c1-12(2,3)10(4-5-13)14-11(15)9-8-16-6-7-17-9/h9-10H,4-8H2,1-3H3,(H,14,15). The summed E-state index contributed by atoms with van der Waals surface area (Å²) in [5, 5.41) is 3.00. The molecule has 0 aliphatic carbocycles. The number of hydrogen-bond acceptors (Lipinski definition) is 3. The van der Waals surface area contributed by atoms with E-state index in [1.807, 2.05) is 0 Å². The summed E-state index contributed by atoms with van der Waals surface area (Å²) >= 11 is 5.76. The molecule has 17 heavy (non-hydrogen) atoms. The Balaban J connectivity index is 2.51. The van der Waals surface area contributed by atoms with E-state index in [0.29, 0.717) is 25.7 Å². The fourth-order valence-electron chi connectivity index (χ4n) is 1.73. The van der Waals surface area contributed by atoms with Gasteiger partial charge in [0.1, 0.15) is 0 Å². The number of rotatable bonds is 4. The Morgan fingerprint density at radius 1 is 1.47 bits per heavy atom. The third-order valence-corrected chi connectivity index (χ3v) is 3.09. The first kappa shape index (κ1) is 14.7. The van der Waals surface area contributed by atoms with Crippen LogP contribution in [0.4, 0.5) is 0 Å². The van der Waals surface area contributed by atoms with Crippen molar-refractivity contribution in [3.05, 3.63) is 0 Å². The molecule has 2 unspecified atom stereocenters. The molecular formula is C12H22ClNO3. The van der Waals surface area contributed by atoms with Gasteiger partial charge in [-0.3, -0.25) is 4.79 Å². The maximum Gasteiger partial charge on any atom is 0.251 e. The number of carbonyl (C=O) groups excluding carboxylic acids is 1. The van der Waals surface area contributed by atoms with Crippen molar-refractivity contribution in [2.45, 2.75) is 39.3 Å². The molecule has 2 atom stereocenters. The molecule has 1 aliphatic rings. The maximum atomic E-state index is 12.0. The molecule has 1 N–H and O–H groups in total. The molecule has 1 saturated heterocycles. The van der Waals surface area contributed by atoms with Gasteiger partial charge in [0.05, 0.1) is 19.8 Å². The Labute approximate surface area is 108 Å². The summed E-state index contributed by atoms with van der Waals surface area (Å²) in [4.78, 5) is 12.0. The number of hydrogen-bond donors (Lipinski definition) is 1. The van der Waals surface area contributed by atoms with Crippen LogP contribution in [0.5, 0.6) is 0 Å². The number of carbonyl (C=O) groups is 1.